The highest BCUT2D eigenvalue weighted by Crippen LogP contribution is 2.33. The number of aryl methyl sites for hydroxylation is 1. The largest absolute Gasteiger partial charge is 0.336 e. The SMILES string of the molecule is Cc1cccc(C2CCCN2C(=O)CCC2CCNC2)c1. The van der Waals surface area contributed by atoms with Crippen LogP contribution in [0.25, 0.3) is 0 Å². The van der Waals surface area contributed by atoms with Gasteiger partial charge in [-0.1, -0.05) is 29.8 Å². The number of nitrogens with zero attached hydrogens (tertiary/aromatic N) is 1. The third-order valence-electron chi connectivity index (χ3n) is 4.93. The molecule has 0 saturated carbocycles. The van der Waals surface area contributed by atoms with Gasteiger partial charge in [0.15, 0.2) is 0 Å². The molecule has 2 aliphatic heterocycles. The second kappa shape index (κ2) is 6.61. The van der Waals surface area contributed by atoms with Gasteiger partial charge in [0.1, 0.15) is 0 Å². The van der Waals surface area contributed by atoms with Crippen LogP contribution in [0.3, 0.4) is 0 Å². The number of nitrogens with one attached hydrogen (secondary N) is 1. The Labute approximate surface area is 127 Å². The van der Waals surface area contributed by atoms with Crippen LogP contribution >= 0.6 is 0 Å². The molecule has 2 aliphatic rings. The molecule has 0 bridgehead atoms. The molecule has 2 saturated heterocycles. The van der Waals surface area contributed by atoms with Crippen molar-refractivity contribution in [3.05, 3.63) is 35.4 Å². The Kier molecular flexibility index (Phi) is 4.59. The minimum absolute atomic E-state index is 0.305. The molecule has 114 valence electrons. The zero-order valence-corrected chi connectivity index (χ0v) is 13.0. The van der Waals surface area contributed by atoms with Gasteiger partial charge in [0.25, 0.3) is 0 Å². The van der Waals surface area contributed by atoms with E-state index in [0.29, 0.717) is 24.3 Å². The lowest BCUT2D eigenvalue weighted by molar-refractivity contribution is -0.132. The number of benzene rings is 1. The van der Waals surface area contributed by atoms with Gasteiger partial charge in [0, 0.05) is 13.0 Å². The molecule has 3 nitrogen and oxygen atoms in total. The predicted molar refractivity (Wildman–Crippen MR) is 85.1 cm³/mol. The molecular formula is C18H26N2O. The molecule has 1 amide bonds. The van der Waals surface area contributed by atoms with Gasteiger partial charge in [-0.2, -0.15) is 0 Å². The molecule has 2 fully saturated rings. The van der Waals surface area contributed by atoms with Gasteiger partial charge >= 0.3 is 0 Å². The molecule has 3 rings (SSSR count). The molecule has 0 spiro atoms. The van der Waals surface area contributed by atoms with E-state index in [9.17, 15) is 4.79 Å². The van der Waals surface area contributed by atoms with Gasteiger partial charge in [0.2, 0.25) is 5.91 Å². The Hall–Kier alpha value is -1.35. The highest BCUT2D eigenvalue weighted by atomic mass is 16.2. The van der Waals surface area contributed by atoms with Gasteiger partial charge in [-0.05, 0) is 57.2 Å². The molecular weight excluding hydrogens is 260 g/mol. The average molecular weight is 286 g/mol. The third kappa shape index (κ3) is 3.46. The van der Waals surface area contributed by atoms with Gasteiger partial charge < -0.3 is 10.2 Å². The summed E-state index contributed by atoms with van der Waals surface area (Å²) >= 11 is 0. The fourth-order valence-corrected chi connectivity index (χ4v) is 3.72. The second-order valence-electron chi connectivity index (χ2n) is 6.56. The summed E-state index contributed by atoms with van der Waals surface area (Å²) in [5.74, 6) is 1.06. The summed E-state index contributed by atoms with van der Waals surface area (Å²) in [5, 5.41) is 3.38. The molecule has 2 unspecified atom stereocenters. The first-order valence-electron chi connectivity index (χ1n) is 8.31. The summed E-state index contributed by atoms with van der Waals surface area (Å²) in [5.41, 5.74) is 2.59. The van der Waals surface area contributed by atoms with Crippen molar-refractivity contribution in [1.29, 1.82) is 0 Å². The molecule has 3 heteroatoms. The fourth-order valence-electron chi connectivity index (χ4n) is 3.72. The zero-order chi connectivity index (χ0) is 14.7. The van der Waals surface area contributed by atoms with Gasteiger partial charge in [0.05, 0.1) is 6.04 Å². The molecule has 1 aromatic rings. The standard InChI is InChI=1S/C18H26N2O/c1-14-4-2-5-16(12-14)17-6-3-11-20(17)18(21)8-7-15-9-10-19-13-15/h2,4-5,12,15,17,19H,3,6-11,13H2,1H3. The summed E-state index contributed by atoms with van der Waals surface area (Å²) in [6, 6.07) is 8.94. The molecule has 2 atom stereocenters. The highest BCUT2D eigenvalue weighted by Gasteiger charge is 2.30. The molecule has 0 aliphatic carbocycles. The van der Waals surface area contributed by atoms with Crippen LogP contribution < -0.4 is 5.32 Å². The average Bonchev–Trinajstić information content (AvgIpc) is 3.16. The van der Waals surface area contributed by atoms with Crippen LogP contribution in [0.15, 0.2) is 24.3 Å². The maximum Gasteiger partial charge on any atom is 0.223 e. The first-order valence-corrected chi connectivity index (χ1v) is 8.31. The minimum Gasteiger partial charge on any atom is -0.336 e. The van der Waals surface area contributed by atoms with Crippen molar-refractivity contribution in [2.45, 2.75) is 45.1 Å². The minimum atomic E-state index is 0.305. The molecule has 0 radical (unpaired) electrons. The Morgan fingerprint density at radius 3 is 3.05 bits per heavy atom. The first kappa shape index (κ1) is 14.6. The predicted octanol–water partition coefficient (Wildman–Crippen LogP) is 3.05. The summed E-state index contributed by atoms with van der Waals surface area (Å²) in [6.07, 6.45) is 5.24. The molecule has 21 heavy (non-hydrogen) atoms. The Balaban J connectivity index is 1.61. The van der Waals surface area contributed by atoms with Crippen molar-refractivity contribution in [2.75, 3.05) is 19.6 Å². The summed E-state index contributed by atoms with van der Waals surface area (Å²) in [6.45, 7) is 5.27. The number of carbonyl (C=O) groups excluding carboxylic acids is 1. The van der Waals surface area contributed by atoms with Crippen molar-refractivity contribution in [2.24, 2.45) is 5.92 Å². The van der Waals surface area contributed by atoms with Crippen LogP contribution in [-0.2, 0) is 4.79 Å². The maximum absolute atomic E-state index is 12.6. The molecule has 2 heterocycles. The van der Waals surface area contributed by atoms with Crippen LogP contribution in [0.2, 0.25) is 0 Å². The van der Waals surface area contributed by atoms with E-state index in [1.54, 1.807) is 0 Å². The molecule has 1 N–H and O–H groups in total. The lowest BCUT2D eigenvalue weighted by Crippen LogP contribution is -2.30. The number of likely N-dealkylation sites (tertiary alicyclic amines) is 1. The van der Waals surface area contributed by atoms with Crippen LogP contribution in [0, 0.1) is 12.8 Å². The lowest BCUT2D eigenvalue weighted by Gasteiger charge is -2.26. The van der Waals surface area contributed by atoms with Crippen molar-refractivity contribution in [1.82, 2.24) is 10.2 Å². The highest BCUT2D eigenvalue weighted by molar-refractivity contribution is 5.77. The van der Waals surface area contributed by atoms with E-state index in [1.165, 1.54) is 17.5 Å². The van der Waals surface area contributed by atoms with E-state index in [-0.39, 0.29) is 0 Å². The van der Waals surface area contributed by atoms with Crippen LogP contribution in [-0.4, -0.2) is 30.4 Å². The number of carbonyl (C=O) groups is 1. The van der Waals surface area contributed by atoms with E-state index in [0.717, 1.165) is 38.9 Å². The van der Waals surface area contributed by atoms with Gasteiger partial charge in [-0.25, -0.2) is 0 Å². The summed E-state index contributed by atoms with van der Waals surface area (Å²) < 4.78 is 0. The fraction of sp³-hybridized carbons (Fsp3) is 0.611. The Morgan fingerprint density at radius 1 is 1.38 bits per heavy atom. The zero-order valence-electron chi connectivity index (χ0n) is 13.0. The molecule has 1 aromatic carbocycles. The number of hydrogen-bond acceptors (Lipinski definition) is 2. The molecule has 0 aromatic heterocycles. The van der Waals surface area contributed by atoms with Crippen molar-refractivity contribution < 1.29 is 4.79 Å². The van der Waals surface area contributed by atoms with Crippen molar-refractivity contribution >= 4 is 5.91 Å². The number of rotatable bonds is 4. The number of amides is 1. The van der Waals surface area contributed by atoms with E-state index in [4.69, 9.17) is 0 Å². The number of hydrogen-bond donors (Lipinski definition) is 1. The quantitative estimate of drug-likeness (QED) is 0.922. The van der Waals surface area contributed by atoms with Crippen LogP contribution in [0.5, 0.6) is 0 Å². The monoisotopic (exact) mass is 286 g/mol. The van der Waals surface area contributed by atoms with E-state index >= 15 is 0 Å². The lowest BCUT2D eigenvalue weighted by atomic mass is 10.0. The third-order valence-corrected chi connectivity index (χ3v) is 4.93. The second-order valence-corrected chi connectivity index (χ2v) is 6.56. The van der Waals surface area contributed by atoms with Gasteiger partial charge in [-0.15, -0.1) is 0 Å². The maximum atomic E-state index is 12.6. The van der Waals surface area contributed by atoms with Gasteiger partial charge in [-0.3, -0.25) is 4.79 Å². The topological polar surface area (TPSA) is 32.3 Å². The smallest absolute Gasteiger partial charge is 0.223 e. The van der Waals surface area contributed by atoms with Crippen LogP contribution in [0.4, 0.5) is 0 Å². The van der Waals surface area contributed by atoms with E-state index < -0.39 is 0 Å². The van der Waals surface area contributed by atoms with Crippen molar-refractivity contribution in [3.63, 3.8) is 0 Å². The van der Waals surface area contributed by atoms with E-state index in [1.807, 2.05) is 0 Å². The normalized spacial score (nSPS) is 25.5. The first-order chi connectivity index (χ1) is 10.2. The van der Waals surface area contributed by atoms with E-state index in [2.05, 4.69) is 41.4 Å². The van der Waals surface area contributed by atoms with Crippen molar-refractivity contribution in [3.8, 4) is 0 Å². The Bertz CT molecular complexity index is 494. The van der Waals surface area contributed by atoms with Crippen LogP contribution in [0.1, 0.15) is 49.3 Å². The summed E-state index contributed by atoms with van der Waals surface area (Å²) in [4.78, 5) is 14.7. The summed E-state index contributed by atoms with van der Waals surface area (Å²) in [7, 11) is 0. The Morgan fingerprint density at radius 2 is 2.29 bits per heavy atom.